The van der Waals surface area contributed by atoms with Gasteiger partial charge in [0.2, 0.25) is 0 Å². The lowest BCUT2D eigenvalue weighted by molar-refractivity contribution is -0.193. The smallest absolute Gasteiger partial charge is 0.475 e. The first-order chi connectivity index (χ1) is 17.1. The minimum absolute atomic E-state index is 0.435. The highest BCUT2D eigenvalue weighted by molar-refractivity contribution is 5.73. The monoisotopic (exact) mass is 549 g/mol. The summed E-state index contributed by atoms with van der Waals surface area (Å²) in [7, 11) is 1.81. The van der Waals surface area contributed by atoms with Crippen LogP contribution >= 0.6 is 0 Å². The van der Waals surface area contributed by atoms with Crippen molar-refractivity contribution in [2.45, 2.75) is 58.0 Å². The number of ether oxygens (including phenoxy) is 2. The van der Waals surface area contributed by atoms with Crippen LogP contribution < -0.4 is 0 Å². The summed E-state index contributed by atoms with van der Waals surface area (Å²) >= 11 is 0. The third-order valence-corrected chi connectivity index (χ3v) is 5.47. The van der Waals surface area contributed by atoms with Crippen LogP contribution in [0.2, 0.25) is 0 Å². The molecule has 1 unspecified atom stereocenters. The lowest BCUT2D eigenvalue weighted by atomic mass is 9.95. The molecule has 37 heavy (non-hydrogen) atoms. The van der Waals surface area contributed by atoms with Gasteiger partial charge in [0.25, 0.3) is 0 Å². The molecule has 1 aromatic rings. The highest BCUT2D eigenvalue weighted by Crippen LogP contribution is 2.30. The van der Waals surface area contributed by atoms with Crippen LogP contribution in [0.4, 0.5) is 26.3 Å². The normalized spacial score (nSPS) is 18.8. The van der Waals surface area contributed by atoms with Crippen molar-refractivity contribution in [3.05, 3.63) is 17.5 Å². The molecule has 0 bridgehead atoms. The van der Waals surface area contributed by atoms with Crippen LogP contribution in [0.5, 0.6) is 0 Å². The molecule has 0 amide bonds. The number of carboxylic acids is 2. The maximum Gasteiger partial charge on any atom is 0.490 e. The van der Waals surface area contributed by atoms with Crippen molar-refractivity contribution >= 4 is 11.9 Å². The SMILES string of the molecule is COCC1CN(CC(C)C)Cc2cnn(CC3CCOCC3)c21.O=C(O)C(F)(F)F.O=C(O)C(F)(F)F. The van der Waals surface area contributed by atoms with E-state index < -0.39 is 24.3 Å². The molecular formula is C22H33F6N3O6. The topological polar surface area (TPSA) is 114 Å². The maximum atomic E-state index is 10.6. The number of aliphatic carboxylic acids is 2. The third kappa shape index (κ3) is 11.7. The number of methoxy groups -OCH3 is 1. The second-order valence-corrected chi connectivity index (χ2v) is 9.14. The van der Waals surface area contributed by atoms with E-state index in [0.29, 0.717) is 17.8 Å². The summed E-state index contributed by atoms with van der Waals surface area (Å²) in [6.45, 7) is 11.4. The predicted molar refractivity (Wildman–Crippen MR) is 118 cm³/mol. The lowest BCUT2D eigenvalue weighted by Crippen LogP contribution is -2.38. The van der Waals surface area contributed by atoms with Crippen molar-refractivity contribution in [3.63, 3.8) is 0 Å². The molecule has 0 aliphatic carbocycles. The Kier molecular flexibility index (Phi) is 12.8. The van der Waals surface area contributed by atoms with Crippen LogP contribution in [0.15, 0.2) is 6.20 Å². The molecule has 1 fully saturated rings. The third-order valence-electron chi connectivity index (χ3n) is 5.47. The standard InChI is InChI=1S/C18H31N3O2.2C2HF3O2/c1-14(2)9-20-11-16-8-19-21(10-15-4-6-23-7-5-15)18(16)17(12-20)13-22-3;2*3-2(4,5)1(6)7/h8,14-15,17H,4-7,9-13H2,1-3H3;2*(H,6,7). The Bertz CT molecular complexity index is 829. The fourth-order valence-electron chi connectivity index (χ4n) is 4.04. The molecule has 0 spiro atoms. The van der Waals surface area contributed by atoms with Gasteiger partial charge < -0.3 is 19.7 Å². The summed E-state index contributed by atoms with van der Waals surface area (Å²) in [5.41, 5.74) is 2.81. The molecule has 3 heterocycles. The number of halogens is 6. The van der Waals surface area contributed by atoms with E-state index >= 15 is 0 Å². The van der Waals surface area contributed by atoms with Gasteiger partial charge in [-0.25, -0.2) is 9.59 Å². The van der Waals surface area contributed by atoms with E-state index in [1.165, 1.54) is 11.3 Å². The van der Waals surface area contributed by atoms with E-state index in [0.717, 1.165) is 58.8 Å². The van der Waals surface area contributed by atoms with Crippen molar-refractivity contribution in [2.24, 2.45) is 11.8 Å². The molecule has 1 aromatic heterocycles. The Morgan fingerprint density at radius 1 is 1.11 bits per heavy atom. The maximum absolute atomic E-state index is 10.6. The Balaban J connectivity index is 0.000000404. The minimum Gasteiger partial charge on any atom is -0.475 e. The number of hydrogen-bond acceptors (Lipinski definition) is 6. The number of aromatic nitrogens is 2. The Morgan fingerprint density at radius 2 is 1.62 bits per heavy atom. The first-order valence-electron chi connectivity index (χ1n) is 11.5. The largest absolute Gasteiger partial charge is 0.490 e. The molecule has 0 aromatic carbocycles. The van der Waals surface area contributed by atoms with Crippen molar-refractivity contribution in [2.75, 3.05) is 40.0 Å². The number of carbonyl (C=O) groups is 2. The lowest BCUT2D eigenvalue weighted by Gasteiger charge is -2.34. The van der Waals surface area contributed by atoms with Crippen LogP contribution in [0.1, 0.15) is 43.9 Å². The molecule has 2 N–H and O–H groups in total. The summed E-state index contributed by atoms with van der Waals surface area (Å²) in [5.74, 6) is -3.69. The van der Waals surface area contributed by atoms with Crippen molar-refractivity contribution in [1.82, 2.24) is 14.7 Å². The number of hydrogen-bond donors (Lipinski definition) is 2. The van der Waals surface area contributed by atoms with E-state index in [9.17, 15) is 26.3 Å². The van der Waals surface area contributed by atoms with E-state index in [2.05, 4.69) is 29.6 Å². The van der Waals surface area contributed by atoms with Gasteiger partial charge in [0.1, 0.15) is 0 Å². The van der Waals surface area contributed by atoms with Crippen LogP contribution in [-0.4, -0.2) is 89.2 Å². The number of rotatable bonds is 6. The first kappa shape index (κ1) is 32.6. The van der Waals surface area contributed by atoms with Crippen molar-refractivity contribution < 1.29 is 55.6 Å². The summed E-state index contributed by atoms with van der Waals surface area (Å²) in [4.78, 5) is 20.3. The Morgan fingerprint density at radius 3 is 2.05 bits per heavy atom. The second kappa shape index (κ2) is 14.5. The Labute approximate surface area is 210 Å². The molecule has 1 saturated heterocycles. The van der Waals surface area contributed by atoms with Gasteiger partial charge in [0, 0.05) is 63.7 Å². The number of fused-ring (bicyclic) bond motifs is 1. The minimum atomic E-state index is -5.08. The van der Waals surface area contributed by atoms with Gasteiger partial charge in [-0.05, 0) is 24.7 Å². The van der Waals surface area contributed by atoms with Gasteiger partial charge in [-0.15, -0.1) is 0 Å². The average molecular weight is 550 g/mol. The summed E-state index contributed by atoms with van der Waals surface area (Å²) in [5, 5.41) is 19.0. The number of alkyl halides is 6. The molecule has 15 heteroatoms. The molecule has 9 nitrogen and oxygen atoms in total. The quantitative estimate of drug-likeness (QED) is 0.516. The van der Waals surface area contributed by atoms with Crippen LogP contribution in [0, 0.1) is 11.8 Å². The molecule has 214 valence electrons. The molecule has 1 atom stereocenters. The van der Waals surface area contributed by atoms with Gasteiger partial charge in [-0.3, -0.25) is 9.58 Å². The zero-order valence-electron chi connectivity index (χ0n) is 20.8. The van der Waals surface area contributed by atoms with Gasteiger partial charge in [0.05, 0.1) is 12.8 Å². The zero-order chi connectivity index (χ0) is 28.4. The number of nitrogens with zero attached hydrogens (tertiary/aromatic N) is 3. The van der Waals surface area contributed by atoms with Crippen LogP contribution in [0.3, 0.4) is 0 Å². The zero-order valence-corrected chi connectivity index (χ0v) is 20.8. The fraction of sp³-hybridized carbons (Fsp3) is 0.773. The van der Waals surface area contributed by atoms with Crippen LogP contribution in [-0.2, 0) is 32.2 Å². The highest BCUT2D eigenvalue weighted by Gasteiger charge is 2.39. The van der Waals surface area contributed by atoms with Gasteiger partial charge in [0.15, 0.2) is 0 Å². The molecule has 2 aliphatic rings. The van der Waals surface area contributed by atoms with Gasteiger partial charge in [-0.2, -0.15) is 31.4 Å². The molecule has 0 saturated carbocycles. The molecule has 3 rings (SSSR count). The summed E-state index contributed by atoms with van der Waals surface area (Å²) < 4.78 is 76.7. The average Bonchev–Trinajstić information content (AvgIpc) is 3.16. The summed E-state index contributed by atoms with van der Waals surface area (Å²) in [6, 6.07) is 0. The van der Waals surface area contributed by atoms with Gasteiger partial charge in [-0.1, -0.05) is 13.8 Å². The molecule has 2 aliphatic heterocycles. The van der Waals surface area contributed by atoms with Crippen molar-refractivity contribution in [1.29, 1.82) is 0 Å². The molecular weight excluding hydrogens is 516 g/mol. The number of carboxylic acid groups (broad SMARTS) is 2. The summed E-state index contributed by atoms with van der Waals surface area (Å²) in [6.07, 6.45) is -5.77. The highest BCUT2D eigenvalue weighted by atomic mass is 19.4. The fourth-order valence-corrected chi connectivity index (χ4v) is 4.04. The molecule has 0 radical (unpaired) electrons. The predicted octanol–water partition coefficient (Wildman–Crippen LogP) is 3.78. The van der Waals surface area contributed by atoms with Crippen LogP contribution in [0.25, 0.3) is 0 Å². The van der Waals surface area contributed by atoms with E-state index in [-0.39, 0.29) is 0 Å². The van der Waals surface area contributed by atoms with Crippen molar-refractivity contribution in [3.8, 4) is 0 Å². The van der Waals surface area contributed by atoms with Gasteiger partial charge >= 0.3 is 24.3 Å². The van der Waals surface area contributed by atoms with E-state index in [4.69, 9.17) is 34.4 Å². The first-order valence-corrected chi connectivity index (χ1v) is 11.5. The second-order valence-electron chi connectivity index (χ2n) is 9.14. The van der Waals surface area contributed by atoms with E-state index in [1.807, 2.05) is 0 Å². The Hall–Kier alpha value is -2.39. The van der Waals surface area contributed by atoms with E-state index in [1.54, 1.807) is 7.11 Å².